The molecule has 0 saturated heterocycles. The van der Waals surface area contributed by atoms with Gasteiger partial charge in [-0.1, -0.05) is 6.92 Å². The summed E-state index contributed by atoms with van der Waals surface area (Å²) in [6.45, 7) is 2.00. The summed E-state index contributed by atoms with van der Waals surface area (Å²) in [4.78, 5) is 0.236. The molecule has 0 spiro atoms. The zero-order valence-corrected chi connectivity index (χ0v) is 13.3. The van der Waals surface area contributed by atoms with E-state index in [1.165, 1.54) is 15.6 Å². The lowest BCUT2D eigenvalue weighted by Crippen LogP contribution is -2.33. The molecule has 4 nitrogen and oxygen atoms in total. The van der Waals surface area contributed by atoms with Crippen molar-refractivity contribution in [3.63, 3.8) is 0 Å². The van der Waals surface area contributed by atoms with Gasteiger partial charge in [-0.05, 0) is 37.9 Å². The number of aliphatic hydroxyl groups excluding tert-OH is 1. The Labute approximate surface area is 116 Å². The van der Waals surface area contributed by atoms with Gasteiger partial charge in [0.1, 0.15) is 4.90 Å². The summed E-state index contributed by atoms with van der Waals surface area (Å²) in [6, 6.07) is 1.56. The predicted octanol–water partition coefficient (Wildman–Crippen LogP) is 2.28. The number of thiophene rings is 1. The number of rotatable bonds is 5. The Bertz CT molecular complexity index is 458. The van der Waals surface area contributed by atoms with Crippen molar-refractivity contribution in [2.45, 2.75) is 11.8 Å². The second-order valence-corrected chi connectivity index (χ2v) is 8.56. The van der Waals surface area contributed by atoms with E-state index >= 15 is 0 Å². The number of halogens is 2. The summed E-state index contributed by atoms with van der Waals surface area (Å²) >= 11 is 7.77. The van der Waals surface area contributed by atoms with Crippen LogP contribution < -0.4 is 0 Å². The fourth-order valence-corrected chi connectivity index (χ4v) is 6.40. The topological polar surface area (TPSA) is 57.6 Å². The summed E-state index contributed by atoms with van der Waals surface area (Å²) in [5.74, 6) is 0. The molecule has 0 aromatic carbocycles. The van der Waals surface area contributed by atoms with Crippen LogP contribution in [-0.2, 0) is 10.0 Å². The molecule has 8 heteroatoms. The number of hydrogen-bond donors (Lipinski definition) is 1. The molecule has 1 heterocycles. The van der Waals surface area contributed by atoms with Crippen LogP contribution >= 0.6 is 43.2 Å². The monoisotopic (exact) mass is 391 g/mol. The van der Waals surface area contributed by atoms with Gasteiger partial charge in [-0.2, -0.15) is 4.31 Å². The van der Waals surface area contributed by atoms with Gasteiger partial charge < -0.3 is 5.11 Å². The second-order valence-electron chi connectivity index (χ2n) is 2.91. The molecule has 0 saturated carbocycles. The summed E-state index contributed by atoms with van der Waals surface area (Å²) in [5.41, 5.74) is 0. The van der Waals surface area contributed by atoms with Crippen molar-refractivity contribution in [2.24, 2.45) is 0 Å². The Morgan fingerprint density at radius 1 is 1.50 bits per heavy atom. The third-order valence-corrected chi connectivity index (χ3v) is 6.67. The molecule has 0 amide bonds. The third-order valence-electron chi connectivity index (χ3n) is 1.95. The largest absolute Gasteiger partial charge is 0.395 e. The molecular weight excluding hydrogens is 382 g/mol. The van der Waals surface area contributed by atoms with Crippen LogP contribution in [0.15, 0.2) is 18.5 Å². The van der Waals surface area contributed by atoms with Crippen LogP contribution in [-0.4, -0.2) is 37.5 Å². The highest BCUT2D eigenvalue weighted by Crippen LogP contribution is 2.36. The van der Waals surface area contributed by atoms with Crippen molar-refractivity contribution < 1.29 is 13.5 Å². The molecule has 16 heavy (non-hydrogen) atoms. The van der Waals surface area contributed by atoms with Gasteiger partial charge in [-0.25, -0.2) is 8.42 Å². The smallest absolute Gasteiger partial charge is 0.245 e. The molecule has 0 bridgehead atoms. The first-order valence-corrected chi connectivity index (χ1v) is 8.33. The molecule has 0 unspecified atom stereocenters. The summed E-state index contributed by atoms with van der Waals surface area (Å²) < 4.78 is 26.9. The quantitative estimate of drug-likeness (QED) is 0.836. The van der Waals surface area contributed by atoms with Gasteiger partial charge in [-0.3, -0.25) is 0 Å². The number of likely N-dealkylation sites (N-methyl/N-ethyl adjacent to an activating group) is 1. The Balaban J connectivity index is 3.14. The molecule has 0 aliphatic carbocycles. The van der Waals surface area contributed by atoms with Gasteiger partial charge in [0.25, 0.3) is 0 Å². The van der Waals surface area contributed by atoms with E-state index in [-0.39, 0.29) is 18.0 Å². The number of hydrogen-bond acceptors (Lipinski definition) is 4. The molecule has 1 aromatic rings. The zero-order chi connectivity index (χ0) is 12.3. The number of nitrogens with zero attached hydrogens (tertiary/aromatic N) is 1. The fourth-order valence-electron chi connectivity index (χ4n) is 1.20. The van der Waals surface area contributed by atoms with Crippen LogP contribution in [0, 0.1) is 0 Å². The van der Waals surface area contributed by atoms with Crippen LogP contribution in [0.4, 0.5) is 0 Å². The van der Waals surface area contributed by atoms with Gasteiger partial charge in [0.2, 0.25) is 10.0 Å². The van der Waals surface area contributed by atoms with E-state index in [1.807, 2.05) is 0 Å². The standard InChI is InChI=1S/C8H11Br2NO3S2/c1-2-11(3-4-12)16(13,14)6-5-7(9)15-8(6)10/h5,12H,2-4H2,1H3. The first kappa shape index (κ1) is 14.6. The summed E-state index contributed by atoms with van der Waals surface area (Å²) in [7, 11) is -3.52. The van der Waals surface area contributed by atoms with Crippen LogP contribution in [0.2, 0.25) is 0 Å². The fraction of sp³-hybridized carbons (Fsp3) is 0.500. The van der Waals surface area contributed by atoms with Gasteiger partial charge >= 0.3 is 0 Å². The van der Waals surface area contributed by atoms with Crippen molar-refractivity contribution in [1.29, 1.82) is 0 Å². The van der Waals surface area contributed by atoms with Crippen molar-refractivity contribution in [3.8, 4) is 0 Å². The van der Waals surface area contributed by atoms with E-state index in [4.69, 9.17) is 5.11 Å². The van der Waals surface area contributed by atoms with Gasteiger partial charge in [0.15, 0.2) is 0 Å². The lowest BCUT2D eigenvalue weighted by atomic mass is 10.6. The Morgan fingerprint density at radius 2 is 2.12 bits per heavy atom. The number of sulfonamides is 1. The minimum atomic E-state index is -3.52. The zero-order valence-electron chi connectivity index (χ0n) is 8.48. The molecule has 1 rings (SSSR count). The van der Waals surface area contributed by atoms with Crippen molar-refractivity contribution in [3.05, 3.63) is 13.6 Å². The maximum absolute atomic E-state index is 12.2. The molecule has 0 aliphatic heterocycles. The highest BCUT2D eigenvalue weighted by Gasteiger charge is 2.26. The molecule has 0 fully saturated rings. The van der Waals surface area contributed by atoms with E-state index in [1.54, 1.807) is 13.0 Å². The van der Waals surface area contributed by atoms with Crippen LogP contribution in [0.1, 0.15) is 6.92 Å². The van der Waals surface area contributed by atoms with Gasteiger partial charge in [0.05, 0.1) is 14.2 Å². The van der Waals surface area contributed by atoms with E-state index in [0.29, 0.717) is 10.3 Å². The highest BCUT2D eigenvalue weighted by molar-refractivity contribution is 9.12. The normalized spacial score (nSPS) is 12.3. The van der Waals surface area contributed by atoms with E-state index < -0.39 is 10.0 Å². The predicted molar refractivity (Wildman–Crippen MR) is 71.2 cm³/mol. The Morgan fingerprint density at radius 3 is 2.50 bits per heavy atom. The van der Waals surface area contributed by atoms with Crippen LogP contribution in [0.5, 0.6) is 0 Å². The molecule has 1 aromatic heterocycles. The molecule has 0 atom stereocenters. The lowest BCUT2D eigenvalue weighted by Gasteiger charge is -2.18. The van der Waals surface area contributed by atoms with Gasteiger partial charge in [0, 0.05) is 13.1 Å². The third kappa shape index (κ3) is 3.05. The molecule has 0 aliphatic rings. The Kier molecular flexibility index (Phi) is 5.40. The van der Waals surface area contributed by atoms with Crippen LogP contribution in [0.3, 0.4) is 0 Å². The summed E-state index contributed by atoms with van der Waals surface area (Å²) in [6.07, 6.45) is 0. The molecule has 1 N–H and O–H groups in total. The van der Waals surface area contributed by atoms with E-state index in [9.17, 15) is 8.42 Å². The SMILES string of the molecule is CCN(CCO)S(=O)(=O)c1cc(Br)sc1Br. The van der Waals surface area contributed by atoms with Crippen molar-refractivity contribution in [1.82, 2.24) is 4.31 Å². The van der Waals surface area contributed by atoms with E-state index in [0.717, 1.165) is 3.79 Å². The molecular formula is C8H11Br2NO3S2. The first-order chi connectivity index (χ1) is 7.43. The van der Waals surface area contributed by atoms with Crippen molar-refractivity contribution >= 4 is 53.2 Å². The maximum Gasteiger partial charge on any atom is 0.245 e. The van der Waals surface area contributed by atoms with E-state index in [2.05, 4.69) is 31.9 Å². The highest BCUT2D eigenvalue weighted by atomic mass is 79.9. The minimum absolute atomic E-state index is 0.110. The summed E-state index contributed by atoms with van der Waals surface area (Å²) in [5, 5.41) is 8.83. The van der Waals surface area contributed by atoms with Crippen molar-refractivity contribution in [2.75, 3.05) is 19.7 Å². The minimum Gasteiger partial charge on any atom is -0.395 e. The van der Waals surface area contributed by atoms with Gasteiger partial charge in [-0.15, -0.1) is 11.3 Å². The average Bonchev–Trinajstić information content (AvgIpc) is 2.54. The average molecular weight is 393 g/mol. The lowest BCUT2D eigenvalue weighted by molar-refractivity contribution is 0.257. The first-order valence-electron chi connectivity index (χ1n) is 4.49. The Hall–Kier alpha value is 0.530. The van der Waals surface area contributed by atoms with Crippen LogP contribution in [0.25, 0.3) is 0 Å². The number of aliphatic hydroxyl groups is 1. The molecule has 92 valence electrons. The maximum atomic E-state index is 12.2. The second kappa shape index (κ2) is 5.92. The molecule has 0 radical (unpaired) electrons.